The first-order chi connectivity index (χ1) is 9.91. The van der Waals surface area contributed by atoms with E-state index < -0.39 is 16.0 Å². The first kappa shape index (κ1) is 15.9. The molecule has 0 aliphatic carbocycles. The van der Waals surface area contributed by atoms with E-state index in [-0.39, 0.29) is 12.5 Å². The van der Waals surface area contributed by atoms with Crippen LogP contribution in [0.15, 0.2) is 35.2 Å². The molecule has 1 saturated heterocycles. The van der Waals surface area contributed by atoms with E-state index in [1.807, 2.05) is 11.8 Å². The Morgan fingerprint density at radius 3 is 2.29 bits per heavy atom. The second-order valence-electron chi connectivity index (χ2n) is 5.20. The molecule has 6 nitrogen and oxygen atoms in total. The van der Waals surface area contributed by atoms with Crippen LogP contribution in [-0.2, 0) is 14.8 Å². The molecule has 1 aliphatic rings. The normalized spacial score (nSPS) is 19.3. The molecule has 0 spiro atoms. The second-order valence-corrected chi connectivity index (χ2v) is 7.14. The highest BCUT2D eigenvalue weighted by Crippen LogP contribution is 2.18. The minimum atomic E-state index is -3.44. The molecule has 1 atom stereocenters. The predicted molar refractivity (Wildman–Crippen MR) is 78.5 cm³/mol. The largest absolute Gasteiger partial charge is 0.481 e. The summed E-state index contributed by atoms with van der Waals surface area (Å²) in [6.45, 7) is 3.75. The lowest BCUT2D eigenvalue weighted by atomic mass is 10.2. The Morgan fingerprint density at radius 1 is 1.19 bits per heavy atom. The van der Waals surface area contributed by atoms with Crippen molar-refractivity contribution in [3.8, 4) is 0 Å². The van der Waals surface area contributed by atoms with Crippen molar-refractivity contribution in [3.05, 3.63) is 30.3 Å². The van der Waals surface area contributed by atoms with E-state index in [4.69, 9.17) is 5.11 Å². The van der Waals surface area contributed by atoms with Gasteiger partial charge in [-0.2, -0.15) is 4.31 Å². The average molecular weight is 312 g/mol. The maximum Gasteiger partial charge on any atom is 0.304 e. The molecule has 0 amide bonds. The highest BCUT2D eigenvalue weighted by Gasteiger charge is 2.30. The van der Waals surface area contributed by atoms with Crippen LogP contribution in [0.5, 0.6) is 0 Å². The van der Waals surface area contributed by atoms with Gasteiger partial charge in [-0.25, -0.2) is 8.42 Å². The van der Waals surface area contributed by atoms with E-state index >= 15 is 0 Å². The minimum absolute atomic E-state index is 0.0748. The van der Waals surface area contributed by atoms with Crippen molar-refractivity contribution < 1.29 is 18.3 Å². The lowest BCUT2D eigenvalue weighted by Gasteiger charge is -2.36. The summed E-state index contributed by atoms with van der Waals surface area (Å²) in [6, 6.07) is 8.30. The van der Waals surface area contributed by atoms with Gasteiger partial charge in [-0.1, -0.05) is 18.2 Å². The Labute approximate surface area is 125 Å². The van der Waals surface area contributed by atoms with E-state index in [1.54, 1.807) is 30.3 Å². The Hall–Kier alpha value is -1.44. The summed E-state index contributed by atoms with van der Waals surface area (Å²) in [6.07, 6.45) is 0.0748. The quantitative estimate of drug-likeness (QED) is 0.872. The first-order valence-corrected chi connectivity index (χ1v) is 8.36. The van der Waals surface area contributed by atoms with Gasteiger partial charge in [0.2, 0.25) is 10.0 Å². The maximum atomic E-state index is 12.5. The lowest BCUT2D eigenvalue weighted by molar-refractivity contribution is -0.138. The molecular weight excluding hydrogens is 292 g/mol. The van der Waals surface area contributed by atoms with Crippen molar-refractivity contribution in [1.29, 1.82) is 0 Å². The summed E-state index contributed by atoms with van der Waals surface area (Å²) in [5, 5.41) is 8.81. The van der Waals surface area contributed by atoms with E-state index in [9.17, 15) is 13.2 Å². The van der Waals surface area contributed by atoms with E-state index in [2.05, 4.69) is 0 Å². The van der Waals surface area contributed by atoms with Crippen LogP contribution in [0, 0.1) is 0 Å². The van der Waals surface area contributed by atoms with E-state index in [0.717, 1.165) is 0 Å². The van der Waals surface area contributed by atoms with Crippen LogP contribution in [-0.4, -0.2) is 60.9 Å². The molecule has 21 heavy (non-hydrogen) atoms. The Bertz CT molecular complexity index is 580. The zero-order valence-electron chi connectivity index (χ0n) is 12.0. The number of rotatable bonds is 5. The number of benzene rings is 1. The monoisotopic (exact) mass is 312 g/mol. The number of nitrogens with zero attached hydrogens (tertiary/aromatic N) is 2. The highest BCUT2D eigenvalue weighted by atomic mass is 32.2. The summed E-state index contributed by atoms with van der Waals surface area (Å²) in [7, 11) is -3.44. The number of carboxylic acid groups (broad SMARTS) is 1. The van der Waals surface area contributed by atoms with Gasteiger partial charge >= 0.3 is 5.97 Å². The van der Waals surface area contributed by atoms with Gasteiger partial charge in [0.05, 0.1) is 11.3 Å². The van der Waals surface area contributed by atoms with Gasteiger partial charge in [0.25, 0.3) is 0 Å². The molecule has 1 aromatic carbocycles. The van der Waals surface area contributed by atoms with Gasteiger partial charge < -0.3 is 5.11 Å². The summed E-state index contributed by atoms with van der Waals surface area (Å²) in [5.74, 6) is -0.832. The molecule has 1 heterocycles. The molecule has 0 aromatic heterocycles. The molecule has 7 heteroatoms. The molecule has 116 valence electrons. The van der Waals surface area contributed by atoms with Crippen LogP contribution in [0.25, 0.3) is 0 Å². The number of hydrogen-bond donors (Lipinski definition) is 1. The van der Waals surface area contributed by atoms with Gasteiger partial charge in [-0.15, -0.1) is 0 Å². The molecule has 2 rings (SSSR count). The third-order valence-electron chi connectivity index (χ3n) is 3.75. The summed E-state index contributed by atoms with van der Waals surface area (Å²) >= 11 is 0. The van der Waals surface area contributed by atoms with E-state index in [1.165, 1.54) is 4.31 Å². The van der Waals surface area contributed by atoms with Crippen molar-refractivity contribution in [2.24, 2.45) is 0 Å². The van der Waals surface area contributed by atoms with Crippen LogP contribution >= 0.6 is 0 Å². The maximum absolute atomic E-state index is 12.5. The number of carbonyl (C=O) groups is 1. The number of carboxylic acids is 1. The van der Waals surface area contributed by atoms with Crippen molar-refractivity contribution in [2.75, 3.05) is 26.2 Å². The topological polar surface area (TPSA) is 77.9 Å². The smallest absolute Gasteiger partial charge is 0.304 e. The fourth-order valence-electron chi connectivity index (χ4n) is 2.51. The standard InChI is InChI=1S/C14H20N2O4S/c1-12(11-14(17)18)15-7-9-16(10-8-15)21(19,20)13-5-3-2-4-6-13/h2-6,12H,7-11H2,1H3,(H,17,18). The zero-order chi connectivity index (χ0) is 15.5. The van der Waals surface area contributed by atoms with Crippen molar-refractivity contribution in [1.82, 2.24) is 9.21 Å². The first-order valence-electron chi connectivity index (χ1n) is 6.92. The van der Waals surface area contributed by atoms with Crippen molar-refractivity contribution >= 4 is 16.0 Å². The molecule has 1 unspecified atom stereocenters. The van der Waals surface area contributed by atoms with Gasteiger partial charge in [0.15, 0.2) is 0 Å². The molecule has 1 aromatic rings. The minimum Gasteiger partial charge on any atom is -0.481 e. The molecule has 0 radical (unpaired) electrons. The molecule has 1 aliphatic heterocycles. The van der Waals surface area contributed by atoms with Crippen LogP contribution in [0.3, 0.4) is 0 Å². The third-order valence-corrected chi connectivity index (χ3v) is 5.66. The van der Waals surface area contributed by atoms with Gasteiger partial charge in [-0.05, 0) is 19.1 Å². The number of aliphatic carboxylic acids is 1. The van der Waals surface area contributed by atoms with Crippen LogP contribution in [0.4, 0.5) is 0 Å². The van der Waals surface area contributed by atoms with Crippen LogP contribution in [0.1, 0.15) is 13.3 Å². The van der Waals surface area contributed by atoms with Crippen molar-refractivity contribution in [2.45, 2.75) is 24.3 Å². The summed E-state index contributed by atoms with van der Waals surface area (Å²) < 4.78 is 26.4. The van der Waals surface area contributed by atoms with Crippen LogP contribution < -0.4 is 0 Å². The Balaban J connectivity index is 1.99. The Morgan fingerprint density at radius 2 is 1.76 bits per heavy atom. The fraction of sp³-hybridized carbons (Fsp3) is 0.500. The fourth-order valence-corrected chi connectivity index (χ4v) is 3.95. The third kappa shape index (κ3) is 3.81. The van der Waals surface area contributed by atoms with E-state index in [0.29, 0.717) is 31.1 Å². The summed E-state index contributed by atoms with van der Waals surface area (Å²) in [5.41, 5.74) is 0. The van der Waals surface area contributed by atoms with Crippen molar-refractivity contribution in [3.63, 3.8) is 0 Å². The number of piperazine rings is 1. The lowest BCUT2D eigenvalue weighted by Crippen LogP contribution is -2.51. The Kier molecular flexibility index (Phi) is 4.97. The zero-order valence-corrected chi connectivity index (χ0v) is 12.8. The van der Waals surface area contributed by atoms with Crippen LogP contribution in [0.2, 0.25) is 0 Å². The SMILES string of the molecule is CC(CC(=O)O)N1CCN(S(=O)(=O)c2ccccc2)CC1. The average Bonchev–Trinajstić information content (AvgIpc) is 2.47. The molecular formula is C14H20N2O4S. The number of hydrogen-bond acceptors (Lipinski definition) is 4. The summed E-state index contributed by atoms with van der Waals surface area (Å²) in [4.78, 5) is 13.0. The molecule has 1 fully saturated rings. The second kappa shape index (κ2) is 6.55. The van der Waals surface area contributed by atoms with Gasteiger partial charge in [0, 0.05) is 32.2 Å². The molecule has 0 saturated carbocycles. The predicted octanol–water partition coefficient (Wildman–Crippen LogP) is 0.856. The number of sulfonamides is 1. The van der Waals surface area contributed by atoms with Gasteiger partial charge in [0.1, 0.15) is 0 Å². The highest BCUT2D eigenvalue weighted by molar-refractivity contribution is 7.89. The molecule has 0 bridgehead atoms. The molecule has 1 N–H and O–H groups in total. The van der Waals surface area contributed by atoms with Gasteiger partial charge in [-0.3, -0.25) is 9.69 Å².